The molecule has 0 bridgehead atoms. The second-order valence-electron chi connectivity index (χ2n) is 6.80. The molecule has 4 aromatic rings. The molecule has 0 saturated heterocycles. The van der Waals surface area contributed by atoms with Crippen LogP contribution < -0.4 is 0 Å². The van der Waals surface area contributed by atoms with E-state index in [2.05, 4.69) is 73.7 Å². The molecule has 0 spiro atoms. The maximum atomic E-state index is 2.53. The van der Waals surface area contributed by atoms with Crippen LogP contribution in [-0.2, 0) is 0 Å². The molecule has 2 aromatic heterocycles. The lowest BCUT2D eigenvalue weighted by atomic mass is 9.82. The number of para-hydroxylation sites is 1. The number of fused-ring (bicyclic) bond motifs is 3. The molecule has 2 unspecified atom stereocenters. The summed E-state index contributed by atoms with van der Waals surface area (Å²) in [6.07, 6.45) is 0. The Labute approximate surface area is 130 Å². The summed E-state index contributed by atoms with van der Waals surface area (Å²) in [5.74, 6) is 1.12. The van der Waals surface area contributed by atoms with E-state index in [1.165, 1.54) is 44.0 Å². The van der Waals surface area contributed by atoms with Crippen molar-refractivity contribution in [2.75, 3.05) is 0 Å². The van der Waals surface area contributed by atoms with Gasteiger partial charge in [0.2, 0.25) is 0 Å². The minimum atomic E-state index is 0.557. The third-order valence-corrected chi connectivity index (χ3v) is 5.69. The van der Waals surface area contributed by atoms with Gasteiger partial charge in [-0.25, -0.2) is 0 Å². The number of rotatable bonds is 0. The standard InChI is InChI=1S/C21H19N/c1-12-11-19-17-8-5-4-7-16(17)18-10-6-9-15-13(2)14(3)20(12)22(19)21(15)18/h4-11,13-14H,1-3H3. The zero-order valence-corrected chi connectivity index (χ0v) is 13.2. The molecule has 108 valence electrons. The van der Waals surface area contributed by atoms with E-state index in [-0.39, 0.29) is 0 Å². The average molecular weight is 285 g/mol. The van der Waals surface area contributed by atoms with E-state index in [1.807, 2.05) is 0 Å². The van der Waals surface area contributed by atoms with Gasteiger partial charge in [-0.3, -0.25) is 0 Å². The van der Waals surface area contributed by atoms with Crippen molar-refractivity contribution >= 4 is 27.2 Å². The fraction of sp³-hybridized carbons (Fsp3) is 0.238. The van der Waals surface area contributed by atoms with Crippen molar-refractivity contribution in [3.05, 3.63) is 65.4 Å². The summed E-state index contributed by atoms with van der Waals surface area (Å²) < 4.78 is 2.53. The van der Waals surface area contributed by atoms with E-state index in [0.717, 1.165) is 0 Å². The number of benzene rings is 2. The minimum absolute atomic E-state index is 0.557. The normalized spacial score (nSPS) is 20.5. The van der Waals surface area contributed by atoms with Gasteiger partial charge in [0, 0.05) is 22.4 Å². The Balaban J connectivity index is 2.22. The summed E-state index contributed by atoms with van der Waals surface area (Å²) in [6.45, 7) is 7.01. The molecule has 0 amide bonds. The van der Waals surface area contributed by atoms with Gasteiger partial charge < -0.3 is 4.40 Å². The molecule has 0 N–H and O–H groups in total. The summed E-state index contributed by atoms with van der Waals surface area (Å²) in [6, 6.07) is 18.0. The van der Waals surface area contributed by atoms with Gasteiger partial charge in [-0.1, -0.05) is 56.3 Å². The molecule has 0 aliphatic carbocycles. The summed E-state index contributed by atoms with van der Waals surface area (Å²) in [5.41, 5.74) is 7.19. The molecule has 2 aromatic carbocycles. The van der Waals surface area contributed by atoms with Gasteiger partial charge in [0.15, 0.2) is 0 Å². The first-order valence-electron chi connectivity index (χ1n) is 8.13. The zero-order valence-electron chi connectivity index (χ0n) is 13.2. The molecule has 1 aliphatic rings. The molecule has 2 atom stereocenters. The number of nitrogens with zero attached hydrogens (tertiary/aromatic N) is 1. The maximum absolute atomic E-state index is 2.53. The van der Waals surface area contributed by atoms with Crippen LogP contribution in [0.15, 0.2) is 48.5 Å². The third-order valence-electron chi connectivity index (χ3n) is 5.69. The van der Waals surface area contributed by atoms with Crippen LogP contribution in [0.4, 0.5) is 0 Å². The van der Waals surface area contributed by atoms with Gasteiger partial charge in [0.25, 0.3) is 0 Å². The lowest BCUT2D eigenvalue weighted by Gasteiger charge is -2.29. The van der Waals surface area contributed by atoms with Crippen LogP contribution in [0, 0.1) is 6.92 Å². The highest BCUT2D eigenvalue weighted by molar-refractivity contribution is 6.14. The van der Waals surface area contributed by atoms with Gasteiger partial charge in [-0.15, -0.1) is 0 Å². The summed E-state index contributed by atoms with van der Waals surface area (Å²) >= 11 is 0. The summed E-state index contributed by atoms with van der Waals surface area (Å²) in [5, 5.41) is 4.12. The molecular weight excluding hydrogens is 266 g/mol. The van der Waals surface area contributed by atoms with Crippen LogP contribution in [-0.4, -0.2) is 4.40 Å². The van der Waals surface area contributed by atoms with E-state index in [9.17, 15) is 0 Å². The Morgan fingerprint density at radius 3 is 2.36 bits per heavy atom. The highest BCUT2D eigenvalue weighted by Crippen LogP contribution is 2.45. The number of aromatic nitrogens is 1. The number of aryl methyl sites for hydroxylation is 1. The van der Waals surface area contributed by atoms with E-state index in [1.54, 1.807) is 0 Å². The zero-order chi connectivity index (χ0) is 15.0. The first kappa shape index (κ1) is 12.3. The van der Waals surface area contributed by atoms with Crippen LogP contribution in [0.3, 0.4) is 0 Å². The Hall–Kier alpha value is -2.28. The fourth-order valence-electron chi connectivity index (χ4n) is 4.49. The lowest BCUT2D eigenvalue weighted by molar-refractivity contribution is 0.590. The fourth-order valence-corrected chi connectivity index (χ4v) is 4.49. The third kappa shape index (κ3) is 1.26. The summed E-state index contributed by atoms with van der Waals surface area (Å²) in [4.78, 5) is 0. The van der Waals surface area contributed by atoms with Crippen molar-refractivity contribution in [3.8, 4) is 0 Å². The smallest absolute Gasteiger partial charge is 0.0572 e. The molecule has 1 heteroatoms. The van der Waals surface area contributed by atoms with Gasteiger partial charge in [0.1, 0.15) is 0 Å². The second-order valence-corrected chi connectivity index (χ2v) is 6.80. The Morgan fingerprint density at radius 2 is 1.55 bits per heavy atom. The lowest BCUT2D eigenvalue weighted by Crippen LogP contribution is -2.15. The quantitative estimate of drug-likeness (QED) is 0.361. The van der Waals surface area contributed by atoms with E-state index in [0.29, 0.717) is 11.8 Å². The van der Waals surface area contributed by atoms with Crippen LogP contribution in [0.1, 0.15) is 42.5 Å². The van der Waals surface area contributed by atoms with Crippen LogP contribution in [0.25, 0.3) is 27.2 Å². The molecule has 22 heavy (non-hydrogen) atoms. The second kappa shape index (κ2) is 3.92. The first-order chi connectivity index (χ1) is 10.7. The van der Waals surface area contributed by atoms with Gasteiger partial charge >= 0.3 is 0 Å². The van der Waals surface area contributed by atoms with Gasteiger partial charge in [0.05, 0.1) is 11.0 Å². The van der Waals surface area contributed by atoms with Crippen molar-refractivity contribution in [1.29, 1.82) is 0 Å². The van der Waals surface area contributed by atoms with E-state index < -0.39 is 0 Å². The van der Waals surface area contributed by atoms with Crippen LogP contribution in [0.2, 0.25) is 0 Å². The molecule has 5 rings (SSSR count). The predicted molar refractivity (Wildman–Crippen MR) is 94.0 cm³/mol. The highest BCUT2D eigenvalue weighted by Gasteiger charge is 2.29. The molecular formula is C21H19N. The molecule has 3 heterocycles. The number of hydrogen-bond donors (Lipinski definition) is 0. The first-order valence-corrected chi connectivity index (χ1v) is 8.13. The maximum Gasteiger partial charge on any atom is 0.0572 e. The molecule has 0 fully saturated rings. The van der Waals surface area contributed by atoms with Crippen molar-refractivity contribution in [2.24, 2.45) is 0 Å². The largest absolute Gasteiger partial charge is 0.312 e. The molecule has 1 nitrogen and oxygen atoms in total. The summed E-state index contributed by atoms with van der Waals surface area (Å²) in [7, 11) is 0. The topological polar surface area (TPSA) is 4.41 Å². The van der Waals surface area contributed by atoms with Crippen molar-refractivity contribution in [3.63, 3.8) is 0 Å². The van der Waals surface area contributed by atoms with Crippen molar-refractivity contribution in [1.82, 2.24) is 4.40 Å². The van der Waals surface area contributed by atoms with Crippen LogP contribution >= 0.6 is 0 Å². The predicted octanol–water partition coefficient (Wildman–Crippen LogP) is 5.77. The highest BCUT2D eigenvalue weighted by atomic mass is 14.9. The average Bonchev–Trinajstić information content (AvgIpc) is 2.90. The molecule has 1 aliphatic heterocycles. The molecule has 0 radical (unpaired) electrons. The van der Waals surface area contributed by atoms with E-state index in [4.69, 9.17) is 0 Å². The molecule has 0 saturated carbocycles. The van der Waals surface area contributed by atoms with Crippen LogP contribution in [0.5, 0.6) is 0 Å². The Kier molecular flexibility index (Phi) is 2.19. The number of pyridine rings is 1. The van der Waals surface area contributed by atoms with Crippen molar-refractivity contribution < 1.29 is 0 Å². The Bertz CT molecular complexity index is 1070. The Morgan fingerprint density at radius 1 is 0.818 bits per heavy atom. The van der Waals surface area contributed by atoms with E-state index >= 15 is 0 Å². The number of hydrogen-bond acceptors (Lipinski definition) is 0. The SMILES string of the molecule is Cc1cc2c3ccccc3c3cccc4c3n2c1C(C)C4C. The minimum Gasteiger partial charge on any atom is -0.312 e. The van der Waals surface area contributed by atoms with Gasteiger partial charge in [-0.2, -0.15) is 0 Å². The monoisotopic (exact) mass is 285 g/mol. The van der Waals surface area contributed by atoms with Crippen molar-refractivity contribution in [2.45, 2.75) is 32.6 Å². The van der Waals surface area contributed by atoms with Gasteiger partial charge in [-0.05, 0) is 35.4 Å².